The lowest BCUT2D eigenvalue weighted by atomic mass is 10.0. The van der Waals surface area contributed by atoms with Crippen LogP contribution in [0.4, 0.5) is 11.6 Å². The highest BCUT2D eigenvalue weighted by atomic mass is 32.2. The molecular formula is C33H34N6O4S. The second kappa shape index (κ2) is 13.0. The van der Waals surface area contributed by atoms with Gasteiger partial charge in [-0.3, -0.25) is 4.72 Å². The van der Waals surface area contributed by atoms with Gasteiger partial charge < -0.3 is 20.5 Å². The van der Waals surface area contributed by atoms with Crippen LogP contribution in [-0.2, 0) is 22.4 Å². The summed E-state index contributed by atoms with van der Waals surface area (Å²) in [7, 11) is -3.79. The minimum Gasteiger partial charge on any atom is -0.437 e. The maximum absolute atomic E-state index is 13.2. The number of ether oxygens (including phenoxy) is 1. The van der Waals surface area contributed by atoms with Gasteiger partial charge in [-0.1, -0.05) is 48.5 Å². The molecule has 10 nitrogen and oxygen atoms in total. The number of nitrogens with zero attached hydrogens (tertiary/aromatic N) is 3. The van der Waals surface area contributed by atoms with Crippen LogP contribution in [0.5, 0.6) is 11.6 Å². The third kappa shape index (κ3) is 6.65. The summed E-state index contributed by atoms with van der Waals surface area (Å²) in [6.45, 7) is 3.59. The number of hydrogen-bond donors (Lipinski definition) is 4. The molecule has 1 fully saturated rings. The number of pyridine rings is 1. The molecule has 0 unspecified atom stereocenters. The van der Waals surface area contributed by atoms with Crippen molar-refractivity contribution in [3.05, 3.63) is 102 Å². The second-order valence-electron chi connectivity index (χ2n) is 10.8. The molecule has 1 saturated heterocycles. The lowest BCUT2D eigenvalue weighted by molar-refractivity contribution is 0.281. The summed E-state index contributed by atoms with van der Waals surface area (Å²) in [5.74, 6) is 1.22. The Morgan fingerprint density at radius 1 is 0.955 bits per heavy atom. The van der Waals surface area contributed by atoms with Crippen LogP contribution in [0.2, 0.25) is 0 Å². The molecule has 3 aromatic carbocycles. The van der Waals surface area contributed by atoms with E-state index in [2.05, 4.69) is 25.3 Å². The highest BCUT2D eigenvalue weighted by Crippen LogP contribution is 2.39. The molecule has 1 atom stereocenters. The predicted molar refractivity (Wildman–Crippen MR) is 172 cm³/mol. The number of aliphatic hydroxyl groups is 1. The van der Waals surface area contributed by atoms with Gasteiger partial charge in [-0.05, 0) is 67.3 Å². The second-order valence-corrected chi connectivity index (χ2v) is 12.5. The van der Waals surface area contributed by atoms with E-state index >= 15 is 0 Å². The van der Waals surface area contributed by atoms with E-state index in [9.17, 15) is 13.5 Å². The van der Waals surface area contributed by atoms with Gasteiger partial charge in [0.25, 0.3) is 0 Å². The normalized spacial score (nSPS) is 15.2. The number of sulfonamides is 1. The molecule has 0 radical (unpaired) electrons. The predicted octanol–water partition coefficient (Wildman–Crippen LogP) is 5.39. The van der Waals surface area contributed by atoms with Gasteiger partial charge in [-0.2, -0.15) is 0 Å². The standard InChI is InChI=1S/C33H34N6O4S/c1-22-13-14-26-27(10-4-12-30(26)39-44(41,42)21-24-8-3-2-7-23(24)20-40)31(22)43-32-28(11-6-17-35-32)29-15-18-36-33(38-29)37-25-9-5-16-34-19-25/h2-4,6-8,10-15,17-18,25,34,39-40H,5,9,16,19-21H2,1H3,(H,36,37,38)/t25-/m0/s1. The highest BCUT2D eigenvalue weighted by Gasteiger charge is 2.19. The number of aliphatic hydroxyl groups excluding tert-OH is 1. The molecular weight excluding hydrogens is 576 g/mol. The number of benzene rings is 3. The number of aryl methyl sites for hydroxylation is 1. The van der Waals surface area contributed by atoms with E-state index in [1.165, 1.54) is 0 Å². The van der Waals surface area contributed by atoms with E-state index in [1.807, 2.05) is 43.3 Å². The molecule has 3 heterocycles. The van der Waals surface area contributed by atoms with E-state index in [4.69, 9.17) is 9.72 Å². The van der Waals surface area contributed by atoms with E-state index in [1.54, 1.807) is 48.8 Å². The lowest BCUT2D eigenvalue weighted by Gasteiger charge is -2.23. The zero-order chi connectivity index (χ0) is 30.5. The van der Waals surface area contributed by atoms with Crippen molar-refractivity contribution >= 4 is 32.4 Å². The molecule has 0 bridgehead atoms. The van der Waals surface area contributed by atoms with Crippen molar-refractivity contribution in [2.24, 2.45) is 0 Å². The van der Waals surface area contributed by atoms with Crippen molar-refractivity contribution in [3.63, 3.8) is 0 Å². The Bertz CT molecular complexity index is 1890. The van der Waals surface area contributed by atoms with Crippen LogP contribution in [0.25, 0.3) is 22.0 Å². The van der Waals surface area contributed by atoms with Crippen LogP contribution < -0.4 is 20.1 Å². The summed E-state index contributed by atoms with van der Waals surface area (Å²) >= 11 is 0. The molecule has 2 aromatic heterocycles. The van der Waals surface area contributed by atoms with Gasteiger partial charge in [-0.25, -0.2) is 23.4 Å². The Morgan fingerprint density at radius 2 is 1.82 bits per heavy atom. The van der Waals surface area contributed by atoms with Crippen molar-refractivity contribution in [1.29, 1.82) is 0 Å². The van der Waals surface area contributed by atoms with Gasteiger partial charge in [0.1, 0.15) is 5.75 Å². The number of rotatable bonds is 10. The number of nitrogens with one attached hydrogen (secondary N) is 3. The van der Waals surface area contributed by atoms with Gasteiger partial charge in [0.2, 0.25) is 21.9 Å². The van der Waals surface area contributed by atoms with E-state index in [0.717, 1.165) is 36.9 Å². The third-order valence-corrected chi connectivity index (χ3v) is 8.86. The Balaban J connectivity index is 1.30. The van der Waals surface area contributed by atoms with Gasteiger partial charge >= 0.3 is 0 Å². The first kappa shape index (κ1) is 29.5. The van der Waals surface area contributed by atoms with Crippen molar-refractivity contribution < 1.29 is 18.3 Å². The first-order chi connectivity index (χ1) is 21.4. The molecule has 4 N–H and O–H groups in total. The maximum atomic E-state index is 13.2. The fourth-order valence-electron chi connectivity index (χ4n) is 5.42. The van der Waals surface area contributed by atoms with E-state index in [-0.39, 0.29) is 18.4 Å². The van der Waals surface area contributed by atoms with Crippen LogP contribution in [-0.4, -0.2) is 47.6 Å². The summed E-state index contributed by atoms with van der Waals surface area (Å²) < 4.78 is 35.7. The molecule has 1 aliphatic heterocycles. The summed E-state index contributed by atoms with van der Waals surface area (Å²) in [5, 5.41) is 17.9. The Morgan fingerprint density at radius 3 is 2.64 bits per heavy atom. The molecule has 5 aromatic rings. The van der Waals surface area contributed by atoms with Crippen molar-refractivity contribution in [3.8, 4) is 22.9 Å². The molecule has 6 rings (SSSR count). The summed E-state index contributed by atoms with van der Waals surface area (Å²) in [4.78, 5) is 13.7. The first-order valence-electron chi connectivity index (χ1n) is 14.5. The highest BCUT2D eigenvalue weighted by molar-refractivity contribution is 7.91. The molecule has 0 amide bonds. The fraction of sp³-hybridized carbons (Fsp3) is 0.242. The van der Waals surface area contributed by atoms with Crippen molar-refractivity contribution in [1.82, 2.24) is 20.3 Å². The average molecular weight is 611 g/mol. The topological polar surface area (TPSA) is 138 Å². The van der Waals surface area contributed by atoms with Crippen LogP contribution in [0.15, 0.2) is 85.2 Å². The van der Waals surface area contributed by atoms with Gasteiger partial charge in [0.15, 0.2) is 0 Å². The van der Waals surface area contributed by atoms with Crippen molar-refractivity contribution in [2.45, 2.75) is 38.2 Å². The molecule has 1 aliphatic rings. The fourth-order valence-corrected chi connectivity index (χ4v) is 6.70. The summed E-state index contributed by atoms with van der Waals surface area (Å²) in [5.41, 5.74) is 3.79. The zero-order valence-electron chi connectivity index (χ0n) is 24.3. The Hall–Kier alpha value is -4.58. The zero-order valence-corrected chi connectivity index (χ0v) is 25.1. The monoisotopic (exact) mass is 610 g/mol. The molecule has 226 valence electrons. The average Bonchev–Trinajstić information content (AvgIpc) is 3.03. The Labute approximate surface area is 256 Å². The summed E-state index contributed by atoms with van der Waals surface area (Å²) in [6.07, 6.45) is 5.54. The molecule has 0 saturated carbocycles. The maximum Gasteiger partial charge on any atom is 0.236 e. The van der Waals surface area contributed by atoms with Crippen LogP contribution >= 0.6 is 0 Å². The smallest absolute Gasteiger partial charge is 0.236 e. The minimum atomic E-state index is -3.79. The number of hydrogen-bond acceptors (Lipinski definition) is 9. The number of piperidine rings is 1. The molecule has 0 spiro atoms. The van der Waals surface area contributed by atoms with Gasteiger partial charge in [-0.15, -0.1) is 0 Å². The number of anilines is 2. The summed E-state index contributed by atoms with van der Waals surface area (Å²) in [6, 6.07) is 21.9. The number of aromatic nitrogens is 3. The Kier molecular flexibility index (Phi) is 8.69. The first-order valence-corrected chi connectivity index (χ1v) is 16.2. The SMILES string of the molecule is Cc1ccc2c(NS(=O)(=O)Cc3ccccc3CO)cccc2c1Oc1ncccc1-c1ccnc(N[C@H]2CCCNC2)n1. The quantitative estimate of drug-likeness (QED) is 0.164. The largest absolute Gasteiger partial charge is 0.437 e. The molecule has 0 aliphatic carbocycles. The van der Waals surface area contributed by atoms with Crippen molar-refractivity contribution in [2.75, 3.05) is 23.1 Å². The van der Waals surface area contributed by atoms with Crippen LogP contribution in [0, 0.1) is 6.92 Å². The minimum absolute atomic E-state index is 0.236. The van der Waals surface area contributed by atoms with Gasteiger partial charge in [0, 0.05) is 35.8 Å². The van der Waals surface area contributed by atoms with Crippen LogP contribution in [0.3, 0.4) is 0 Å². The van der Waals surface area contributed by atoms with E-state index in [0.29, 0.717) is 51.0 Å². The molecule has 11 heteroatoms. The lowest BCUT2D eigenvalue weighted by Crippen LogP contribution is -2.38. The van der Waals surface area contributed by atoms with Crippen LogP contribution in [0.1, 0.15) is 29.5 Å². The van der Waals surface area contributed by atoms with E-state index < -0.39 is 10.0 Å². The third-order valence-electron chi connectivity index (χ3n) is 7.64. The van der Waals surface area contributed by atoms with Gasteiger partial charge in [0.05, 0.1) is 29.3 Å². The number of fused-ring (bicyclic) bond motifs is 1. The molecule has 44 heavy (non-hydrogen) atoms.